The van der Waals surface area contributed by atoms with E-state index in [0.717, 1.165) is 5.52 Å². The third-order valence-electron chi connectivity index (χ3n) is 4.05. The standard InChI is InChI=1S/C14H17ClN2O2/c1-6-7(2)18-8(3)13(6)14-17-11-4-9(15)10(16)5-12(11)19-14/h4-8,13H,16H2,1-3H3. The highest BCUT2D eigenvalue weighted by Crippen LogP contribution is 2.40. The summed E-state index contributed by atoms with van der Waals surface area (Å²) in [5, 5.41) is 0.504. The molecule has 0 bridgehead atoms. The van der Waals surface area contributed by atoms with Crippen LogP contribution in [0.3, 0.4) is 0 Å². The fourth-order valence-corrected chi connectivity index (χ4v) is 2.97. The van der Waals surface area contributed by atoms with Crippen molar-refractivity contribution in [3.8, 4) is 0 Å². The van der Waals surface area contributed by atoms with E-state index in [1.54, 1.807) is 12.1 Å². The Bertz CT molecular complexity index is 586. The molecular weight excluding hydrogens is 264 g/mol. The normalized spacial score (nSPS) is 31.2. The molecule has 4 nitrogen and oxygen atoms in total. The molecule has 4 atom stereocenters. The Balaban J connectivity index is 2.06. The van der Waals surface area contributed by atoms with Gasteiger partial charge >= 0.3 is 0 Å². The molecule has 102 valence electrons. The zero-order valence-corrected chi connectivity index (χ0v) is 11.9. The fraction of sp³-hybridized carbons (Fsp3) is 0.500. The van der Waals surface area contributed by atoms with Crippen LogP contribution in [-0.2, 0) is 4.74 Å². The summed E-state index contributed by atoms with van der Waals surface area (Å²) in [5.41, 5.74) is 7.71. The summed E-state index contributed by atoms with van der Waals surface area (Å²) < 4.78 is 11.7. The number of fused-ring (bicyclic) bond motifs is 1. The highest BCUT2D eigenvalue weighted by atomic mass is 35.5. The number of oxazole rings is 1. The number of rotatable bonds is 1. The molecule has 0 spiro atoms. The smallest absolute Gasteiger partial charge is 0.201 e. The second kappa shape index (κ2) is 4.39. The van der Waals surface area contributed by atoms with E-state index in [1.807, 2.05) is 0 Å². The first kappa shape index (κ1) is 12.8. The van der Waals surface area contributed by atoms with Crippen molar-refractivity contribution in [1.82, 2.24) is 4.98 Å². The summed E-state index contributed by atoms with van der Waals surface area (Å²) in [6, 6.07) is 3.47. The van der Waals surface area contributed by atoms with Gasteiger partial charge in [-0.25, -0.2) is 4.98 Å². The molecule has 0 aliphatic carbocycles. The molecule has 2 N–H and O–H groups in total. The van der Waals surface area contributed by atoms with Crippen LogP contribution >= 0.6 is 11.6 Å². The Labute approximate surface area is 116 Å². The van der Waals surface area contributed by atoms with Gasteiger partial charge < -0.3 is 14.9 Å². The molecule has 1 fully saturated rings. The Morgan fingerprint density at radius 3 is 2.58 bits per heavy atom. The molecule has 0 radical (unpaired) electrons. The predicted molar refractivity (Wildman–Crippen MR) is 75.3 cm³/mol. The number of anilines is 1. The summed E-state index contributed by atoms with van der Waals surface area (Å²) in [6.45, 7) is 6.30. The van der Waals surface area contributed by atoms with Crippen molar-refractivity contribution < 1.29 is 9.15 Å². The number of hydrogen-bond donors (Lipinski definition) is 1. The minimum absolute atomic E-state index is 0.103. The average Bonchev–Trinajstić information content (AvgIpc) is 2.82. The van der Waals surface area contributed by atoms with Crippen LogP contribution in [-0.4, -0.2) is 17.2 Å². The van der Waals surface area contributed by atoms with Crippen molar-refractivity contribution in [2.75, 3.05) is 5.73 Å². The van der Waals surface area contributed by atoms with E-state index in [4.69, 9.17) is 26.5 Å². The lowest BCUT2D eigenvalue weighted by Gasteiger charge is -2.13. The minimum Gasteiger partial charge on any atom is -0.440 e. The maximum Gasteiger partial charge on any atom is 0.201 e. The third kappa shape index (κ3) is 1.99. The number of nitrogens with zero attached hydrogens (tertiary/aromatic N) is 1. The number of hydrogen-bond acceptors (Lipinski definition) is 4. The number of ether oxygens (including phenoxy) is 1. The van der Waals surface area contributed by atoms with Crippen LogP contribution in [0.2, 0.25) is 5.02 Å². The van der Waals surface area contributed by atoms with Crippen molar-refractivity contribution in [1.29, 1.82) is 0 Å². The number of nitrogen functional groups attached to an aromatic ring is 1. The zero-order valence-electron chi connectivity index (χ0n) is 11.2. The van der Waals surface area contributed by atoms with E-state index in [2.05, 4.69) is 25.8 Å². The van der Waals surface area contributed by atoms with Crippen LogP contribution < -0.4 is 5.73 Å². The molecule has 1 aromatic heterocycles. The number of aromatic nitrogens is 1. The summed E-state index contributed by atoms with van der Waals surface area (Å²) in [4.78, 5) is 4.55. The third-order valence-corrected chi connectivity index (χ3v) is 4.38. The zero-order chi connectivity index (χ0) is 13.7. The first-order chi connectivity index (χ1) is 8.97. The van der Waals surface area contributed by atoms with E-state index < -0.39 is 0 Å². The van der Waals surface area contributed by atoms with Gasteiger partial charge in [-0.05, 0) is 25.8 Å². The van der Waals surface area contributed by atoms with Crippen molar-refractivity contribution in [2.24, 2.45) is 5.92 Å². The lowest BCUT2D eigenvalue weighted by atomic mass is 9.89. The van der Waals surface area contributed by atoms with E-state index >= 15 is 0 Å². The number of halogens is 1. The van der Waals surface area contributed by atoms with Gasteiger partial charge in [0.15, 0.2) is 5.58 Å². The topological polar surface area (TPSA) is 61.3 Å². The van der Waals surface area contributed by atoms with Gasteiger partial charge in [-0.1, -0.05) is 18.5 Å². The number of nitrogens with two attached hydrogens (primary N) is 1. The second-order valence-corrected chi connectivity index (χ2v) is 5.73. The lowest BCUT2D eigenvalue weighted by molar-refractivity contribution is 0.0546. The minimum atomic E-state index is 0.103. The van der Waals surface area contributed by atoms with Crippen molar-refractivity contribution in [2.45, 2.75) is 38.9 Å². The Morgan fingerprint density at radius 1 is 1.21 bits per heavy atom. The molecule has 2 aromatic rings. The first-order valence-corrected chi connectivity index (χ1v) is 6.86. The van der Waals surface area contributed by atoms with Gasteiger partial charge in [0.05, 0.1) is 28.8 Å². The molecule has 4 unspecified atom stereocenters. The molecule has 1 aliphatic rings. The van der Waals surface area contributed by atoms with Crippen molar-refractivity contribution in [3.63, 3.8) is 0 Å². The van der Waals surface area contributed by atoms with Gasteiger partial charge in [0, 0.05) is 6.07 Å². The summed E-state index contributed by atoms with van der Waals surface area (Å²) in [5.74, 6) is 1.25. The van der Waals surface area contributed by atoms with E-state index in [0.29, 0.717) is 28.1 Å². The van der Waals surface area contributed by atoms with E-state index in [-0.39, 0.29) is 18.1 Å². The van der Waals surface area contributed by atoms with Crippen LogP contribution in [0.4, 0.5) is 5.69 Å². The molecule has 5 heteroatoms. The Hall–Kier alpha value is -1.26. The molecule has 3 rings (SSSR count). The lowest BCUT2D eigenvalue weighted by Crippen LogP contribution is -2.15. The highest BCUT2D eigenvalue weighted by molar-refractivity contribution is 6.33. The monoisotopic (exact) mass is 280 g/mol. The molecule has 1 saturated heterocycles. The van der Waals surface area contributed by atoms with Crippen LogP contribution in [0, 0.1) is 5.92 Å². The molecule has 1 aromatic carbocycles. The SMILES string of the molecule is CC1OC(C)C(c2nc3cc(Cl)c(N)cc3o2)C1C. The molecule has 1 aliphatic heterocycles. The highest BCUT2D eigenvalue weighted by Gasteiger charge is 2.40. The predicted octanol–water partition coefficient (Wildman–Crippen LogP) is 3.59. The first-order valence-electron chi connectivity index (χ1n) is 6.48. The molecule has 2 heterocycles. The largest absolute Gasteiger partial charge is 0.440 e. The molecular formula is C14H17ClN2O2. The maximum absolute atomic E-state index is 6.01. The van der Waals surface area contributed by atoms with Gasteiger partial charge in [-0.3, -0.25) is 0 Å². The molecule has 0 amide bonds. The van der Waals surface area contributed by atoms with Crippen LogP contribution in [0.25, 0.3) is 11.1 Å². The fourth-order valence-electron chi connectivity index (χ4n) is 2.82. The second-order valence-electron chi connectivity index (χ2n) is 5.32. The van der Waals surface area contributed by atoms with Gasteiger partial charge in [0.2, 0.25) is 5.89 Å². The maximum atomic E-state index is 6.01. The van der Waals surface area contributed by atoms with Gasteiger partial charge in [-0.2, -0.15) is 0 Å². The Morgan fingerprint density at radius 2 is 1.95 bits per heavy atom. The number of benzene rings is 1. The quantitative estimate of drug-likeness (QED) is 0.811. The van der Waals surface area contributed by atoms with Gasteiger partial charge in [0.1, 0.15) is 5.52 Å². The summed E-state index contributed by atoms with van der Waals surface area (Å²) in [6.07, 6.45) is 0.314. The summed E-state index contributed by atoms with van der Waals surface area (Å²) in [7, 11) is 0. The van der Waals surface area contributed by atoms with Gasteiger partial charge in [-0.15, -0.1) is 0 Å². The Kier molecular flexibility index (Phi) is 2.95. The van der Waals surface area contributed by atoms with Gasteiger partial charge in [0.25, 0.3) is 0 Å². The van der Waals surface area contributed by atoms with E-state index in [9.17, 15) is 0 Å². The van der Waals surface area contributed by atoms with Crippen LogP contribution in [0.5, 0.6) is 0 Å². The molecule has 0 saturated carbocycles. The average molecular weight is 281 g/mol. The van der Waals surface area contributed by atoms with E-state index in [1.165, 1.54) is 0 Å². The van der Waals surface area contributed by atoms with Crippen molar-refractivity contribution >= 4 is 28.4 Å². The summed E-state index contributed by atoms with van der Waals surface area (Å²) >= 11 is 6.01. The van der Waals surface area contributed by atoms with Crippen LogP contribution in [0.15, 0.2) is 16.5 Å². The van der Waals surface area contributed by atoms with Crippen LogP contribution in [0.1, 0.15) is 32.6 Å². The van der Waals surface area contributed by atoms with Crippen molar-refractivity contribution in [3.05, 3.63) is 23.0 Å². The molecule has 19 heavy (non-hydrogen) atoms.